The van der Waals surface area contributed by atoms with Crippen LogP contribution in [0.5, 0.6) is 0 Å². The molecule has 0 unspecified atom stereocenters. The van der Waals surface area contributed by atoms with Crippen LogP contribution >= 0.6 is 0 Å². The van der Waals surface area contributed by atoms with Crippen LogP contribution in [-0.4, -0.2) is 24.1 Å². The lowest BCUT2D eigenvalue weighted by Crippen LogP contribution is -2.32. The van der Waals surface area contributed by atoms with Gasteiger partial charge in [0, 0.05) is 25.2 Å². The zero-order valence-corrected chi connectivity index (χ0v) is 12.7. The Bertz CT molecular complexity index is 478. The minimum atomic E-state index is -0.513. The second kappa shape index (κ2) is 7.64. The maximum atomic E-state index is 11.5. The first-order valence-electron chi connectivity index (χ1n) is 6.86. The minimum absolute atomic E-state index is 0.114. The molecule has 116 valence electrons. The van der Waals surface area contributed by atoms with E-state index in [4.69, 9.17) is 10.5 Å². The first kappa shape index (κ1) is 17.0. The molecule has 6 nitrogen and oxygen atoms in total. The summed E-state index contributed by atoms with van der Waals surface area (Å²) in [5.74, 6) is -0.114. The van der Waals surface area contributed by atoms with Crippen LogP contribution < -0.4 is 16.4 Å². The van der Waals surface area contributed by atoms with Gasteiger partial charge in [-0.25, -0.2) is 4.79 Å². The van der Waals surface area contributed by atoms with Gasteiger partial charge in [-0.3, -0.25) is 4.79 Å². The fourth-order valence-electron chi connectivity index (χ4n) is 1.55. The number of hydrogen-bond donors (Lipinski definition) is 3. The van der Waals surface area contributed by atoms with Crippen LogP contribution in [0.2, 0.25) is 0 Å². The van der Waals surface area contributed by atoms with Crippen molar-refractivity contribution in [3.63, 3.8) is 0 Å². The van der Waals surface area contributed by atoms with Crippen molar-refractivity contribution in [2.24, 2.45) is 5.73 Å². The Balaban J connectivity index is 2.44. The van der Waals surface area contributed by atoms with E-state index < -0.39 is 11.7 Å². The Hall–Kier alpha value is -2.08. The smallest absolute Gasteiger partial charge is 0.407 e. The summed E-state index contributed by atoms with van der Waals surface area (Å²) in [5.41, 5.74) is 6.41. The van der Waals surface area contributed by atoms with E-state index in [-0.39, 0.29) is 5.91 Å². The molecule has 0 aliphatic carbocycles. The van der Waals surface area contributed by atoms with Crippen molar-refractivity contribution >= 4 is 17.7 Å². The SMILES string of the molecule is CC(C)(C)OC(=O)NCc1ccc(NC(=O)CCN)cc1. The van der Waals surface area contributed by atoms with Gasteiger partial charge in [0.05, 0.1) is 0 Å². The number of carbonyl (C=O) groups excluding carboxylic acids is 2. The van der Waals surface area contributed by atoms with Gasteiger partial charge < -0.3 is 21.1 Å². The Labute approximate surface area is 125 Å². The Morgan fingerprint density at radius 1 is 1.19 bits per heavy atom. The third-order valence-corrected chi connectivity index (χ3v) is 2.44. The number of nitrogens with one attached hydrogen (secondary N) is 2. The molecule has 21 heavy (non-hydrogen) atoms. The number of nitrogens with two attached hydrogens (primary N) is 1. The van der Waals surface area contributed by atoms with Crippen molar-refractivity contribution in [1.82, 2.24) is 5.32 Å². The molecule has 1 rings (SSSR count). The fraction of sp³-hybridized carbons (Fsp3) is 0.467. The summed E-state index contributed by atoms with van der Waals surface area (Å²) in [6, 6.07) is 7.21. The van der Waals surface area contributed by atoms with Gasteiger partial charge in [0.15, 0.2) is 0 Å². The lowest BCUT2D eigenvalue weighted by atomic mass is 10.2. The van der Waals surface area contributed by atoms with Crippen molar-refractivity contribution in [3.8, 4) is 0 Å². The predicted octanol–water partition coefficient (Wildman–Crippen LogP) is 2.00. The van der Waals surface area contributed by atoms with Crippen molar-refractivity contribution in [2.45, 2.75) is 39.3 Å². The molecule has 1 aromatic rings. The van der Waals surface area contributed by atoms with Crippen LogP contribution in [0.3, 0.4) is 0 Å². The lowest BCUT2D eigenvalue weighted by Gasteiger charge is -2.19. The Kier molecular flexibility index (Phi) is 6.17. The second-order valence-corrected chi connectivity index (χ2v) is 5.64. The van der Waals surface area contributed by atoms with Crippen molar-refractivity contribution < 1.29 is 14.3 Å². The van der Waals surface area contributed by atoms with Crippen LogP contribution in [0.1, 0.15) is 32.8 Å². The molecule has 0 spiro atoms. The van der Waals surface area contributed by atoms with Gasteiger partial charge in [0.2, 0.25) is 5.91 Å². The van der Waals surface area contributed by atoms with E-state index in [1.807, 2.05) is 32.9 Å². The summed E-state index contributed by atoms with van der Waals surface area (Å²) >= 11 is 0. The normalized spacial score (nSPS) is 10.9. The third-order valence-electron chi connectivity index (χ3n) is 2.44. The molecule has 0 bridgehead atoms. The third kappa shape index (κ3) is 7.31. The van der Waals surface area contributed by atoms with E-state index in [0.717, 1.165) is 5.56 Å². The highest BCUT2D eigenvalue weighted by Gasteiger charge is 2.15. The molecule has 0 saturated heterocycles. The maximum Gasteiger partial charge on any atom is 0.407 e. The number of ether oxygens (including phenoxy) is 1. The predicted molar refractivity (Wildman–Crippen MR) is 81.8 cm³/mol. The van der Waals surface area contributed by atoms with Crippen LogP contribution in [0.15, 0.2) is 24.3 Å². The highest BCUT2D eigenvalue weighted by Crippen LogP contribution is 2.10. The topological polar surface area (TPSA) is 93.5 Å². The zero-order valence-electron chi connectivity index (χ0n) is 12.7. The number of hydrogen-bond acceptors (Lipinski definition) is 4. The first-order chi connectivity index (χ1) is 9.80. The molecule has 0 radical (unpaired) electrons. The number of amides is 2. The average molecular weight is 293 g/mol. The highest BCUT2D eigenvalue weighted by atomic mass is 16.6. The number of carbonyl (C=O) groups is 2. The van der Waals surface area contributed by atoms with Crippen LogP contribution in [0.25, 0.3) is 0 Å². The van der Waals surface area contributed by atoms with E-state index in [1.54, 1.807) is 12.1 Å². The van der Waals surface area contributed by atoms with Crippen LogP contribution in [0.4, 0.5) is 10.5 Å². The highest BCUT2D eigenvalue weighted by molar-refractivity contribution is 5.90. The molecule has 4 N–H and O–H groups in total. The number of anilines is 1. The van der Waals surface area contributed by atoms with Crippen molar-refractivity contribution in [2.75, 3.05) is 11.9 Å². The summed E-state index contributed by atoms with van der Waals surface area (Å²) in [6.07, 6.45) is -0.162. The molecule has 2 amide bonds. The Morgan fingerprint density at radius 3 is 2.33 bits per heavy atom. The summed E-state index contributed by atoms with van der Waals surface area (Å²) in [7, 11) is 0. The standard InChI is InChI=1S/C15H23N3O3/c1-15(2,3)21-14(20)17-10-11-4-6-12(7-5-11)18-13(19)8-9-16/h4-7H,8-10,16H2,1-3H3,(H,17,20)(H,18,19). The molecular weight excluding hydrogens is 270 g/mol. The van der Waals surface area contributed by atoms with E-state index in [1.165, 1.54) is 0 Å². The van der Waals surface area contributed by atoms with Gasteiger partial charge in [-0.15, -0.1) is 0 Å². The van der Waals surface area contributed by atoms with Gasteiger partial charge in [-0.1, -0.05) is 12.1 Å². The molecule has 0 aromatic heterocycles. The van der Waals surface area contributed by atoms with Crippen molar-refractivity contribution in [1.29, 1.82) is 0 Å². The summed E-state index contributed by atoms with van der Waals surface area (Å²) in [5, 5.41) is 5.41. The summed E-state index contributed by atoms with van der Waals surface area (Å²) in [6.45, 7) is 6.12. The van der Waals surface area contributed by atoms with E-state index >= 15 is 0 Å². The monoisotopic (exact) mass is 293 g/mol. The van der Waals surface area contributed by atoms with Crippen LogP contribution in [-0.2, 0) is 16.1 Å². The Morgan fingerprint density at radius 2 is 1.81 bits per heavy atom. The molecule has 1 aromatic carbocycles. The van der Waals surface area contributed by atoms with E-state index in [2.05, 4.69) is 10.6 Å². The quantitative estimate of drug-likeness (QED) is 0.774. The molecule has 0 atom stereocenters. The van der Waals surface area contributed by atoms with Crippen molar-refractivity contribution in [3.05, 3.63) is 29.8 Å². The van der Waals surface area contributed by atoms with Gasteiger partial charge in [-0.05, 0) is 38.5 Å². The summed E-state index contributed by atoms with van der Waals surface area (Å²) < 4.78 is 5.14. The molecule has 0 heterocycles. The fourth-order valence-corrected chi connectivity index (χ4v) is 1.55. The van der Waals surface area contributed by atoms with Gasteiger partial charge >= 0.3 is 6.09 Å². The molecule has 0 aliphatic rings. The second-order valence-electron chi connectivity index (χ2n) is 5.64. The molecule has 0 saturated carbocycles. The van der Waals surface area contributed by atoms with E-state index in [0.29, 0.717) is 25.2 Å². The number of benzene rings is 1. The molecular formula is C15H23N3O3. The summed E-state index contributed by atoms with van der Waals surface area (Å²) in [4.78, 5) is 22.9. The van der Waals surface area contributed by atoms with Gasteiger partial charge in [0.25, 0.3) is 0 Å². The largest absolute Gasteiger partial charge is 0.444 e. The minimum Gasteiger partial charge on any atom is -0.444 e. The molecule has 6 heteroatoms. The number of rotatable bonds is 5. The maximum absolute atomic E-state index is 11.5. The first-order valence-corrected chi connectivity index (χ1v) is 6.86. The van der Waals surface area contributed by atoms with Crippen LogP contribution in [0, 0.1) is 0 Å². The number of alkyl carbamates (subject to hydrolysis) is 1. The van der Waals surface area contributed by atoms with Gasteiger partial charge in [0.1, 0.15) is 5.60 Å². The lowest BCUT2D eigenvalue weighted by molar-refractivity contribution is -0.116. The molecule has 0 aliphatic heterocycles. The van der Waals surface area contributed by atoms with Gasteiger partial charge in [-0.2, -0.15) is 0 Å². The average Bonchev–Trinajstić information content (AvgIpc) is 2.36. The molecule has 0 fully saturated rings. The van der Waals surface area contributed by atoms with E-state index in [9.17, 15) is 9.59 Å². The zero-order chi connectivity index (χ0) is 15.9.